The van der Waals surface area contributed by atoms with E-state index in [4.69, 9.17) is 22.3 Å². The van der Waals surface area contributed by atoms with Gasteiger partial charge in [-0.05, 0) is 31.4 Å². The summed E-state index contributed by atoms with van der Waals surface area (Å²) < 4.78 is 0. The van der Waals surface area contributed by atoms with Crippen LogP contribution in [0.4, 0.5) is 0 Å². The number of aromatic nitrogens is 1. The van der Waals surface area contributed by atoms with E-state index in [2.05, 4.69) is 0 Å². The molecule has 0 spiro atoms. The van der Waals surface area contributed by atoms with Crippen LogP contribution in [0.15, 0.2) is 54.6 Å². The maximum atomic E-state index is 12.3. The topological polar surface area (TPSA) is 76.2 Å². The molecule has 29 heavy (non-hydrogen) atoms. The zero-order valence-corrected chi connectivity index (χ0v) is 18.1. The van der Waals surface area contributed by atoms with Gasteiger partial charge < -0.3 is 10.8 Å². The van der Waals surface area contributed by atoms with Crippen LogP contribution in [0.5, 0.6) is 0 Å². The Morgan fingerprint density at radius 1 is 1.10 bits per heavy atom. The summed E-state index contributed by atoms with van der Waals surface area (Å²) in [5.41, 5.74) is 8.48. The number of carboxylic acid groups (broad SMARTS) is 1. The van der Waals surface area contributed by atoms with E-state index < -0.39 is 17.4 Å². The first-order valence-electron chi connectivity index (χ1n) is 9.70. The van der Waals surface area contributed by atoms with Crippen LogP contribution >= 0.6 is 22.9 Å². The number of carboxylic acids is 1. The van der Waals surface area contributed by atoms with Crippen molar-refractivity contribution in [1.82, 2.24) is 4.98 Å². The second-order valence-corrected chi connectivity index (χ2v) is 8.74. The molecular formula is C23H25ClN2O2S. The number of aliphatic carboxylic acids is 1. The standard InChI is InChI=1S/C23H25ClN2O2S/c1-3-23(25,4-2)14-18(22(27)28)20-19(15-10-12-17(24)13-11-15)26-21(29-20)16-8-6-5-7-9-16/h5-13,18H,3-4,14,25H2,1-2H3,(H,27,28). The lowest BCUT2D eigenvalue weighted by molar-refractivity contribution is -0.139. The molecule has 3 N–H and O–H groups in total. The smallest absolute Gasteiger partial charge is 0.311 e. The summed E-state index contributed by atoms with van der Waals surface area (Å²) in [5, 5.41) is 11.5. The highest BCUT2D eigenvalue weighted by Gasteiger charge is 2.34. The number of nitrogens with zero attached hydrogens (tertiary/aromatic N) is 1. The lowest BCUT2D eigenvalue weighted by Gasteiger charge is -2.29. The molecule has 0 saturated heterocycles. The van der Waals surface area contributed by atoms with E-state index in [1.54, 1.807) is 12.1 Å². The maximum Gasteiger partial charge on any atom is 0.311 e. The largest absolute Gasteiger partial charge is 0.481 e. The van der Waals surface area contributed by atoms with Crippen molar-refractivity contribution >= 4 is 28.9 Å². The Kier molecular flexibility index (Phi) is 6.73. The summed E-state index contributed by atoms with van der Waals surface area (Å²) in [6.45, 7) is 4.01. The Hall–Kier alpha value is -2.21. The average molecular weight is 429 g/mol. The van der Waals surface area contributed by atoms with E-state index in [9.17, 15) is 9.90 Å². The zero-order chi connectivity index (χ0) is 21.0. The molecule has 1 atom stereocenters. The Bertz CT molecular complexity index is 966. The monoisotopic (exact) mass is 428 g/mol. The fourth-order valence-corrected chi connectivity index (χ4v) is 4.64. The zero-order valence-electron chi connectivity index (χ0n) is 16.6. The highest BCUT2D eigenvalue weighted by Crippen LogP contribution is 2.41. The molecule has 1 heterocycles. The number of hydrogen-bond acceptors (Lipinski definition) is 4. The predicted octanol–water partition coefficient (Wildman–Crippen LogP) is 6.21. The second kappa shape index (κ2) is 9.08. The molecular weight excluding hydrogens is 404 g/mol. The number of hydrogen-bond donors (Lipinski definition) is 2. The Balaban J connectivity index is 2.14. The van der Waals surface area contributed by atoms with Crippen molar-refractivity contribution in [2.45, 2.75) is 44.6 Å². The van der Waals surface area contributed by atoms with Crippen molar-refractivity contribution < 1.29 is 9.90 Å². The van der Waals surface area contributed by atoms with Crippen molar-refractivity contribution in [2.75, 3.05) is 0 Å². The van der Waals surface area contributed by atoms with Gasteiger partial charge in [0.2, 0.25) is 0 Å². The molecule has 0 bridgehead atoms. The average Bonchev–Trinajstić information content (AvgIpc) is 3.18. The summed E-state index contributed by atoms with van der Waals surface area (Å²) in [5.74, 6) is -1.60. The van der Waals surface area contributed by atoms with Crippen LogP contribution in [0.2, 0.25) is 5.02 Å². The van der Waals surface area contributed by atoms with Gasteiger partial charge in [-0.3, -0.25) is 4.79 Å². The van der Waals surface area contributed by atoms with Crippen molar-refractivity contribution in [2.24, 2.45) is 5.73 Å². The van der Waals surface area contributed by atoms with Gasteiger partial charge in [0.05, 0.1) is 11.6 Å². The number of carbonyl (C=O) groups is 1. The molecule has 2 aromatic carbocycles. The molecule has 0 aliphatic carbocycles. The minimum atomic E-state index is -0.875. The van der Waals surface area contributed by atoms with Crippen LogP contribution in [0.1, 0.15) is 43.9 Å². The lowest BCUT2D eigenvalue weighted by Crippen LogP contribution is -2.41. The normalized spacial score (nSPS) is 12.7. The van der Waals surface area contributed by atoms with Crippen molar-refractivity contribution in [3.63, 3.8) is 0 Å². The molecule has 0 fully saturated rings. The highest BCUT2D eigenvalue weighted by molar-refractivity contribution is 7.15. The molecule has 0 amide bonds. The maximum absolute atomic E-state index is 12.3. The second-order valence-electron chi connectivity index (χ2n) is 7.27. The Labute approximate surface area is 180 Å². The van der Waals surface area contributed by atoms with Gasteiger partial charge in [0.15, 0.2) is 0 Å². The number of rotatable bonds is 8. The molecule has 4 nitrogen and oxygen atoms in total. The molecule has 1 unspecified atom stereocenters. The minimum absolute atomic E-state index is 0.367. The molecule has 0 aliphatic rings. The SMILES string of the molecule is CCC(N)(CC)CC(C(=O)O)c1sc(-c2ccccc2)nc1-c1ccc(Cl)cc1. The van der Waals surface area contributed by atoms with Crippen LogP contribution in [0, 0.1) is 0 Å². The van der Waals surface area contributed by atoms with Gasteiger partial charge >= 0.3 is 5.97 Å². The fourth-order valence-electron chi connectivity index (χ4n) is 3.32. The van der Waals surface area contributed by atoms with Crippen LogP contribution in [-0.4, -0.2) is 21.6 Å². The summed E-state index contributed by atoms with van der Waals surface area (Å²) >= 11 is 7.48. The fraction of sp³-hybridized carbons (Fsp3) is 0.304. The van der Waals surface area contributed by atoms with Gasteiger partial charge in [0.1, 0.15) is 5.01 Å². The molecule has 152 valence electrons. The van der Waals surface area contributed by atoms with Gasteiger partial charge in [-0.25, -0.2) is 4.98 Å². The Morgan fingerprint density at radius 3 is 2.28 bits per heavy atom. The van der Waals surface area contributed by atoms with Crippen LogP contribution in [0.25, 0.3) is 21.8 Å². The van der Waals surface area contributed by atoms with Crippen LogP contribution < -0.4 is 5.73 Å². The third-order valence-corrected chi connectivity index (χ3v) is 6.90. The van der Waals surface area contributed by atoms with E-state index in [1.807, 2.05) is 56.3 Å². The first-order valence-corrected chi connectivity index (χ1v) is 10.9. The molecule has 3 aromatic rings. The van der Waals surface area contributed by atoms with E-state index in [1.165, 1.54) is 11.3 Å². The summed E-state index contributed by atoms with van der Waals surface area (Å²) in [7, 11) is 0. The molecule has 6 heteroatoms. The highest BCUT2D eigenvalue weighted by atomic mass is 35.5. The number of thiazole rings is 1. The van der Waals surface area contributed by atoms with Gasteiger partial charge in [-0.1, -0.05) is 67.9 Å². The third kappa shape index (κ3) is 4.86. The summed E-state index contributed by atoms with van der Waals surface area (Å²) in [6, 6.07) is 17.2. The first-order chi connectivity index (χ1) is 13.9. The lowest BCUT2D eigenvalue weighted by atomic mass is 9.82. The van der Waals surface area contributed by atoms with Crippen molar-refractivity contribution in [3.8, 4) is 21.8 Å². The molecule has 0 aliphatic heterocycles. The third-order valence-electron chi connectivity index (χ3n) is 5.43. The van der Waals surface area contributed by atoms with E-state index in [0.29, 0.717) is 30.0 Å². The molecule has 0 saturated carbocycles. The number of nitrogens with two attached hydrogens (primary N) is 1. The van der Waals surface area contributed by atoms with E-state index >= 15 is 0 Å². The molecule has 1 aromatic heterocycles. The van der Waals surface area contributed by atoms with Crippen molar-refractivity contribution in [1.29, 1.82) is 0 Å². The summed E-state index contributed by atoms with van der Waals surface area (Å²) in [6.07, 6.45) is 1.80. The predicted molar refractivity (Wildman–Crippen MR) is 120 cm³/mol. The van der Waals surface area contributed by atoms with Crippen molar-refractivity contribution in [3.05, 3.63) is 64.5 Å². The first kappa shape index (κ1) is 21.5. The van der Waals surface area contributed by atoms with Gasteiger partial charge in [-0.2, -0.15) is 0 Å². The van der Waals surface area contributed by atoms with E-state index in [0.717, 1.165) is 21.0 Å². The van der Waals surface area contributed by atoms with E-state index in [-0.39, 0.29) is 0 Å². The quantitative estimate of drug-likeness (QED) is 0.447. The van der Waals surface area contributed by atoms with Crippen LogP contribution in [0.3, 0.4) is 0 Å². The summed E-state index contributed by atoms with van der Waals surface area (Å²) in [4.78, 5) is 17.9. The minimum Gasteiger partial charge on any atom is -0.481 e. The van der Waals surface area contributed by atoms with Gasteiger partial charge in [0.25, 0.3) is 0 Å². The number of halogens is 1. The molecule has 0 radical (unpaired) electrons. The van der Waals surface area contributed by atoms with Gasteiger partial charge in [-0.15, -0.1) is 11.3 Å². The Morgan fingerprint density at radius 2 is 1.72 bits per heavy atom. The number of benzene rings is 2. The van der Waals surface area contributed by atoms with Gasteiger partial charge in [0, 0.05) is 26.6 Å². The molecule has 3 rings (SSSR count). The van der Waals surface area contributed by atoms with Crippen LogP contribution in [-0.2, 0) is 4.79 Å².